The van der Waals surface area contributed by atoms with Gasteiger partial charge in [-0.25, -0.2) is 0 Å². The highest BCUT2D eigenvalue weighted by atomic mass is 16.5. The summed E-state index contributed by atoms with van der Waals surface area (Å²) >= 11 is 0. The van der Waals surface area contributed by atoms with Crippen LogP contribution in [0.2, 0.25) is 0 Å². The lowest BCUT2D eigenvalue weighted by molar-refractivity contribution is -0.116. The molecule has 0 radical (unpaired) electrons. The third-order valence-corrected chi connectivity index (χ3v) is 4.92. The summed E-state index contributed by atoms with van der Waals surface area (Å²) in [6.07, 6.45) is 3.48. The van der Waals surface area contributed by atoms with Crippen LogP contribution in [0.15, 0.2) is 47.0 Å². The summed E-state index contributed by atoms with van der Waals surface area (Å²) < 4.78 is 5.32. The Bertz CT molecular complexity index is 907. The molecule has 5 nitrogen and oxygen atoms in total. The van der Waals surface area contributed by atoms with Gasteiger partial charge in [0.25, 0.3) is 0 Å². The normalized spacial score (nSPS) is 10.8. The molecule has 1 heterocycles. The minimum absolute atomic E-state index is 0.0392. The molecule has 0 atom stereocenters. The largest absolute Gasteiger partial charge is 0.339 e. The van der Waals surface area contributed by atoms with Gasteiger partial charge >= 0.3 is 0 Å². The molecular formula is C23H27N3O2. The van der Waals surface area contributed by atoms with Gasteiger partial charge in [0.15, 0.2) is 0 Å². The molecule has 146 valence electrons. The van der Waals surface area contributed by atoms with E-state index in [0.29, 0.717) is 24.6 Å². The van der Waals surface area contributed by atoms with Crippen LogP contribution in [-0.4, -0.2) is 16.0 Å². The number of hydrogen-bond donors (Lipinski definition) is 1. The molecule has 5 heteroatoms. The number of hydrogen-bond acceptors (Lipinski definition) is 4. The van der Waals surface area contributed by atoms with Crippen molar-refractivity contribution in [3.63, 3.8) is 0 Å². The Kier molecular flexibility index (Phi) is 6.58. The fourth-order valence-electron chi connectivity index (χ4n) is 3.19. The summed E-state index contributed by atoms with van der Waals surface area (Å²) in [6, 6.07) is 14.3. The second-order valence-corrected chi connectivity index (χ2v) is 6.77. The first kappa shape index (κ1) is 19.8. The molecule has 0 unspecified atom stereocenters. The third-order valence-electron chi connectivity index (χ3n) is 4.92. The highest BCUT2D eigenvalue weighted by molar-refractivity contribution is 5.92. The van der Waals surface area contributed by atoms with Crippen LogP contribution in [0.5, 0.6) is 0 Å². The second kappa shape index (κ2) is 9.31. The molecule has 0 saturated heterocycles. The molecule has 0 saturated carbocycles. The highest BCUT2D eigenvalue weighted by Crippen LogP contribution is 2.23. The van der Waals surface area contributed by atoms with Gasteiger partial charge in [0.2, 0.25) is 17.6 Å². The summed E-state index contributed by atoms with van der Waals surface area (Å²) in [5, 5.41) is 7.11. The van der Waals surface area contributed by atoms with Gasteiger partial charge in [0, 0.05) is 24.1 Å². The van der Waals surface area contributed by atoms with E-state index in [1.54, 1.807) is 0 Å². The van der Waals surface area contributed by atoms with Crippen molar-refractivity contribution in [3.05, 3.63) is 65.0 Å². The van der Waals surface area contributed by atoms with E-state index in [0.717, 1.165) is 41.6 Å². The van der Waals surface area contributed by atoms with Gasteiger partial charge in [-0.3, -0.25) is 4.79 Å². The van der Waals surface area contributed by atoms with Crippen molar-refractivity contribution in [2.45, 2.75) is 52.9 Å². The fraction of sp³-hybridized carbons (Fsp3) is 0.348. The quantitative estimate of drug-likeness (QED) is 0.600. The van der Waals surface area contributed by atoms with Crippen LogP contribution in [0.25, 0.3) is 11.4 Å². The van der Waals surface area contributed by atoms with Crippen LogP contribution >= 0.6 is 0 Å². The van der Waals surface area contributed by atoms with Crippen LogP contribution in [0.4, 0.5) is 5.69 Å². The molecule has 28 heavy (non-hydrogen) atoms. The first-order valence-electron chi connectivity index (χ1n) is 9.97. The van der Waals surface area contributed by atoms with E-state index in [-0.39, 0.29) is 5.91 Å². The minimum atomic E-state index is -0.0392. The average Bonchev–Trinajstić information content (AvgIpc) is 3.21. The molecule has 1 amide bonds. The second-order valence-electron chi connectivity index (χ2n) is 6.77. The van der Waals surface area contributed by atoms with Crippen molar-refractivity contribution >= 4 is 11.6 Å². The maximum absolute atomic E-state index is 12.5. The molecule has 2 aromatic carbocycles. The van der Waals surface area contributed by atoms with E-state index in [9.17, 15) is 4.79 Å². The molecule has 0 aliphatic carbocycles. The van der Waals surface area contributed by atoms with Crippen LogP contribution in [0.3, 0.4) is 0 Å². The number of carbonyl (C=O) groups excluding carboxylic acids is 1. The molecule has 1 N–H and O–H groups in total. The Morgan fingerprint density at radius 1 is 0.964 bits per heavy atom. The van der Waals surface area contributed by atoms with E-state index in [1.165, 1.54) is 5.56 Å². The molecule has 0 aliphatic heterocycles. The van der Waals surface area contributed by atoms with E-state index in [4.69, 9.17) is 4.52 Å². The molecule has 3 rings (SSSR count). The molecule has 0 aliphatic rings. The number of benzene rings is 2. The Morgan fingerprint density at radius 2 is 1.64 bits per heavy atom. The number of aryl methyl sites for hydroxylation is 4. The van der Waals surface area contributed by atoms with Gasteiger partial charge in [0.05, 0.1) is 0 Å². The maximum atomic E-state index is 12.5. The Labute approximate surface area is 166 Å². The van der Waals surface area contributed by atoms with E-state index in [1.807, 2.05) is 18.2 Å². The van der Waals surface area contributed by atoms with Crippen molar-refractivity contribution in [1.82, 2.24) is 10.1 Å². The summed E-state index contributed by atoms with van der Waals surface area (Å²) in [6.45, 7) is 6.31. The van der Waals surface area contributed by atoms with E-state index in [2.05, 4.69) is 60.5 Å². The number of aromatic nitrogens is 2. The summed E-state index contributed by atoms with van der Waals surface area (Å²) in [7, 11) is 0. The number of nitrogens with zero attached hydrogens (tertiary/aromatic N) is 2. The number of carbonyl (C=O) groups is 1. The molecular weight excluding hydrogens is 350 g/mol. The number of nitrogens with one attached hydrogen (secondary N) is 1. The standard InChI is InChI=1S/C23H27N3O2/c1-4-16-10-12-19(13-11-16)23-25-21(28-26-23)15-14-20(27)24-22-17(5-2)8-7-9-18(22)6-3/h7-13H,4-6,14-15H2,1-3H3,(H,24,27). The fourth-order valence-corrected chi connectivity index (χ4v) is 3.19. The summed E-state index contributed by atoms with van der Waals surface area (Å²) in [5.41, 5.74) is 5.44. The Hall–Kier alpha value is -2.95. The highest BCUT2D eigenvalue weighted by Gasteiger charge is 2.13. The predicted molar refractivity (Wildman–Crippen MR) is 111 cm³/mol. The summed E-state index contributed by atoms with van der Waals surface area (Å²) in [5.74, 6) is 0.995. The molecule has 1 aromatic heterocycles. The van der Waals surface area contributed by atoms with Crippen molar-refractivity contribution in [3.8, 4) is 11.4 Å². The number of amides is 1. The minimum Gasteiger partial charge on any atom is -0.339 e. The number of anilines is 1. The third kappa shape index (κ3) is 4.66. The van der Waals surface area contributed by atoms with Crippen LogP contribution in [0, 0.1) is 0 Å². The van der Waals surface area contributed by atoms with Gasteiger partial charge in [-0.1, -0.05) is 68.4 Å². The van der Waals surface area contributed by atoms with Gasteiger partial charge in [0.1, 0.15) is 0 Å². The van der Waals surface area contributed by atoms with Crippen molar-refractivity contribution in [2.75, 3.05) is 5.32 Å². The predicted octanol–water partition coefficient (Wildman–Crippen LogP) is 5.00. The Morgan fingerprint density at radius 3 is 2.25 bits per heavy atom. The zero-order chi connectivity index (χ0) is 19.9. The molecule has 0 fully saturated rings. The van der Waals surface area contributed by atoms with E-state index < -0.39 is 0 Å². The number of rotatable bonds is 8. The zero-order valence-electron chi connectivity index (χ0n) is 16.8. The Balaban J connectivity index is 1.62. The van der Waals surface area contributed by atoms with Crippen molar-refractivity contribution in [1.29, 1.82) is 0 Å². The van der Waals surface area contributed by atoms with E-state index >= 15 is 0 Å². The smallest absolute Gasteiger partial charge is 0.227 e. The summed E-state index contributed by atoms with van der Waals surface area (Å²) in [4.78, 5) is 16.9. The zero-order valence-corrected chi connectivity index (χ0v) is 16.8. The van der Waals surface area contributed by atoms with Crippen LogP contribution in [0.1, 0.15) is 49.8 Å². The lowest BCUT2D eigenvalue weighted by atomic mass is 10.0. The first-order valence-corrected chi connectivity index (χ1v) is 9.97. The lowest BCUT2D eigenvalue weighted by Crippen LogP contribution is -2.15. The number of para-hydroxylation sites is 1. The molecule has 3 aromatic rings. The average molecular weight is 377 g/mol. The van der Waals surface area contributed by atoms with Gasteiger partial charge in [-0.15, -0.1) is 0 Å². The molecule has 0 bridgehead atoms. The molecule has 0 spiro atoms. The van der Waals surface area contributed by atoms with Crippen LogP contribution in [-0.2, 0) is 30.5 Å². The van der Waals surface area contributed by atoms with Gasteiger partial charge in [-0.2, -0.15) is 4.98 Å². The van der Waals surface area contributed by atoms with Gasteiger partial charge < -0.3 is 9.84 Å². The maximum Gasteiger partial charge on any atom is 0.227 e. The monoisotopic (exact) mass is 377 g/mol. The first-order chi connectivity index (χ1) is 13.6. The van der Waals surface area contributed by atoms with Crippen molar-refractivity contribution < 1.29 is 9.32 Å². The van der Waals surface area contributed by atoms with Crippen LogP contribution < -0.4 is 5.32 Å². The topological polar surface area (TPSA) is 68.0 Å². The lowest BCUT2D eigenvalue weighted by Gasteiger charge is -2.14. The SMILES string of the molecule is CCc1ccc(-c2noc(CCC(=O)Nc3c(CC)cccc3CC)n2)cc1. The van der Waals surface area contributed by atoms with Crippen molar-refractivity contribution in [2.24, 2.45) is 0 Å². The van der Waals surface area contributed by atoms with Gasteiger partial charge in [-0.05, 0) is 36.0 Å².